The molecule has 2 heterocycles. The highest BCUT2D eigenvalue weighted by atomic mass is 16.2. The Morgan fingerprint density at radius 1 is 1.22 bits per heavy atom. The van der Waals surface area contributed by atoms with E-state index in [1.165, 1.54) is 0 Å². The Hall–Kier alpha value is -2.11. The zero-order valence-corrected chi connectivity index (χ0v) is 14.2. The van der Waals surface area contributed by atoms with E-state index in [2.05, 4.69) is 9.88 Å². The van der Waals surface area contributed by atoms with E-state index < -0.39 is 0 Å². The summed E-state index contributed by atoms with van der Waals surface area (Å²) in [5.74, 6) is 1.10. The van der Waals surface area contributed by atoms with Crippen molar-refractivity contribution in [2.24, 2.45) is 0 Å². The minimum Gasteiger partial charge on any atom is -0.353 e. The number of pyridine rings is 1. The van der Waals surface area contributed by atoms with Gasteiger partial charge in [0, 0.05) is 58.3 Å². The van der Waals surface area contributed by atoms with E-state index in [-0.39, 0.29) is 17.9 Å². The molecule has 2 rings (SSSR count). The minimum atomic E-state index is 0.0211. The smallest absolute Gasteiger partial charge is 0.224 e. The first-order valence-corrected chi connectivity index (χ1v) is 8.20. The van der Waals surface area contributed by atoms with Gasteiger partial charge in [0.25, 0.3) is 0 Å². The molecule has 126 valence electrons. The predicted octanol–water partition coefficient (Wildman–Crippen LogP) is 1.38. The molecule has 2 amide bonds. The molecule has 1 saturated heterocycles. The van der Waals surface area contributed by atoms with Crippen LogP contribution in [0, 0.1) is 0 Å². The van der Waals surface area contributed by atoms with Gasteiger partial charge in [-0.2, -0.15) is 0 Å². The van der Waals surface area contributed by atoms with E-state index in [0.717, 1.165) is 18.9 Å². The summed E-state index contributed by atoms with van der Waals surface area (Å²) in [6.07, 6.45) is 2.18. The van der Waals surface area contributed by atoms with E-state index in [9.17, 15) is 9.59 Å². The van der Waals surface area contributed by atoms with Gasteiger partial charge < -0.3 is 14.7 Å². The minimum absolute atomic E-state index is 0.0211. The molecule has 6 heteroatoms. The molecular weight excluding hydrogens is 292 g/mol. The number of nitrogens with zero attached hydrogens (tertiary/aromatic N) is 4. The van der Waals surface area contributed by atoms with Crippen LogP contribution >= 0.6 is 0 Å². The van der Waals surface area contributed by atoms with Crippen LogP contribution in [0.1, 0.15) is 27.2 Å². The summed E-state index contributed by atoms with van der Waals surface area (Å²) in [5, 5.41) is 0. The number of rotatable bonds is 5. The van der Waals surface area contributed by atoms with Crippen molar-refractivity contribution in [3.05, 3.63) is 24.4 Å². The molecule has 0 aliphatic carbocycles. The lowest BCUT2D eigenvalue weighted by Crippen LogP contribution is -2.49. The molecule has 0 aromatic carbocycles. The van der Waals surface area contributed by atoms with Crippen molar-refractivity contribution in [2.75, 3.05) is 37.6 Å². The van der Waals surface area contributed by atoms with Gasteiger partial charge in [0.15, 0.2) is 0 Å². The van der Waals surface area contributed by atoms with Gasteiger partial charge in [-0.05, 0) is 26.0 Å². The Balaban J connectivity index is 1.81. The molecule has 6 nitrogen and oxygen atoms in total. The first-order valence-electron chi connectivity index (χ1n) is 8.20. The SMILES string of the molecule is CC(=O)N(CCC(=O)N1CCN(c2ccccn2)CC1)C(C)C. The van der Waals surface area contributed by atoms with Gasteiger partial charge in [-0.15, -0.1) is 0 Å². The van der Waals surface area contributed by atoms with Gasteiger partial charge in [-0.25, -0.2) is 4.98 Å². The first kappa shape index (κ1) is 17.2. The number of hydrogen-bond donors (Lipinski definition) is 0. The summed E-state index contributed by atoms with van der Waals surface area (Å²) in [6, 6.07) is 5.99. The Morgan fingerprint density at radius 3 is 2.43 bits per heavy atom. The van der Waals surface area contributed by atoms with E-state index in [4.69, 9.17) is 0 Å². The monoisotopic (exact) mass is 318 g/mol. The van der Waals surface area contributed by atoms with Crippen LogP contribution in [0.2, 0.25) is 0 Å². The maximum Gasteiger partial charge on any atom is 0.224 e. The molecule has 0 unspecified atom stereocenters. The van der Waals surface area contributed by atoms with E-state index in [1.54, 1.807) is 18.0 Å². The van der Waals surface area contributed by atoms with Crippen LogP contribution in [0.3, 0.4) is 0 Å². The third-order valence-corrected chi connectivity index (χ3v) is 4.20. The zero-order valence-electron chi connectivity index (χ0n) is 14.2. The zero-order chi connectivity index (χ0) is 16.8. The van der Waals surface area contributed by atoms with Gasteiger partial charge in [0.2, 0.25) is 11.8 Å². The number of hydrogen-bond acceptors (Lipinski definition) is 4. The van der Waals surface area contributed by atoms with Crippen molar-refractivity contribution in [1.29, 1.82) is 0 Å². The molecule has 0 radical (unpaired) electrons. The van der Waals surface area contributed by atoms with Gasteiger partial charge in [0.05, 0.1) is 0 Å². The van der Waals surface area contributed by atoms with Crippen molar-refractivity contribution in [3.63, 3.8) is 0 Å². The molecule has 0 N–H and O–H groups in total. The van der Waals surface area contributed by atoms with E-state index in [1.807, 2.05) is 36.9 Å². The second-order valence-electron chi connectivity index (χ2n) is 6.11. The number of carbonyl (C=O) groups excluding carboxylic acids is 2. The average Bonchev–Trinajstić information content (AvgIpc) is 2.55. The number of aromatic nitrogens is 1. The third kappa shape index (κ3) is 4.68. The Kier molecular flexibility index (Phi) is 5.96. The first-order chi connectivity index (χ1) is 11.0. The molecule has 0 spiro atoms. The van der Waals surface area contributed by atoms with Crippen LogP contribution < -0.4 is 4.90 Å². The molecule has 0 saturated carbocycles. The fourth-order valence-electron chi connectivity index (χ4n) is 2.88. The summed E-state index contributed by atoms with van der Waals surface area (Å²) < 4.78 is 0. The van der Waals surface area contributed by atoms with Crippen LogP contribution in [-0.2, 0) is 9.59 Å². The summed E-state index contributed by atoms with van der Waals surface area (Å²) in [6.45, 7) is 8.98. The average molecular weight is 318 g/mol. The summed E-state index contributed by atoms with van der Waals surface area (Å²) in [7, 11) is 0. The molecule has 0 bridgehead atoms. The van der Waals surface area contributed by atoms with E-state index in [0.29, 0.717) is 26.1 Å². The number of carbonyl (C=O) groups is 2. The highest BCUT2D eigenvalue weighted by molar-refractivity contribution is 5.78. The topological polar surface area (TPSA) is 56.8 Å². The van der Waals surface area contributed by atoms with Gasteiger partial charge in [0.1, 0.15) is 5.82 Å². The van der Waals surface area contributed by atoms with Crippen molar-refractivity contribution >= 4 is 17.6 Å². The van der Waals surface area contributed by atoms with Crippen LogP contribution in [0.15, 0.2) is 24.4 Å². The van der Waals surface area contributed by atoms with Crippen molar-refractivity contribution in [2.45, 2.75) is 33.2 Å². The molecule has 23 heavy (non-hydrogen) atoms. The molecule has 1 fully saturated rings. The maximum atomic E-state index is 12.3. The standard InChI is InChI=1S/C17H26N4O2/c1-14(2)21(15(3)22)9-7-17(23)20-12-10-19(11-13-20)16-6-4-5-8-18-16/h4-6,8,14H,7,9-13H2,1-3H3. The van der Waals surface area contributed by atoms with Gasteiger partial charge in [-0.1, -0.05) is 6.07 Å². The molecule has 0 atom stereocenters. The highest BCUT2D eigenvalue weighted by Crippen LogP contribution is 2.13. The van der Waals surface area contributed by atoms with Gasteiger partial charge in [-0.3, -0.25) is 9.59 Å². The van der Waals surface area contributed by atoms with Crippen LogP contribution in [0.25, 0.3) is 0 Å². The normalized spacial score (nSPS) is 15.0. The maximum absolute atomic E-state index is 12.3. The lowest BCUT2D eigenvalue weighted by atomic mass is 10.2. The Bertz CT molecular complexity index is 525. The molecule has 1 aromatic heterocycles. The van der Waals surface area contributed by atoms with Crippen molar-refractivity contribution in [3.8, 4) is 0 Å². The lowest BCUT2D eigenvalue weighted by Gasteiger charge is -2.36. The third-order valence-electron chi connectivity index (χ3n) is 4.20. The summed E-state index contributed by atoms with van der Waals surface area (Å²) in [5.41, 5.74) is 0. The molecule has 1 aliphatic rings. The second-order valence-corrected chi connectivity index (χ2v) is 6.11. The fourth-order valence-corrected chi connectivity index (χ4v) is 2.88. The van der Waals surface area contributed by atoms with Crippen LogP contribution in [0.5, 0.6) is 0 Å². The second kappa shape index (κ2) is 7.94. The predicted molar refractivity (Wildman–Crippen MR) is 90.2 cm³/mol. The number of anilines is 1. The van der Waals surface area contributed by atoms with Crippen LogP contribution in [-0.4, -0.2) is 65.4 Å². The fraction of sp³-hybridized carbons (Fsp3) is 0.588. The molecule has 1 aliphatic heterocycles. The molecule has 1 aromatic rings. The largest absolute Gasteiger partial charge is 0.353 e. The Morgan fingerprint density at radius 2 is 1.91 bits per heavy atom. The molecular formula is C17H26N4O2. The van der Waals surface area contributed by atoms with E-state index >= 15 is 0 Å². The summed E-state index contributed by atoms with van der Waals surface area (Å²) >= 11 is 0. The van der Waals surface area contributed by atoms with Crippen molar-refractivity contribution in [1.82, 2.24) is 14.8 Å². The summed E-state index contributed by atoms with van der Waals surface area (Å²) in [4.78, 5) is 34.1. The Labute approximate surface area is 138 Å². The lowest BCUT2D eigenvalue weighted by molar-refractivity contribution is -0.134. The highest BCUT2D eigenvalue weighted by Gasteiger charge is 2.23. The number of amides is 2. The number of piperazine rings is 1. The van der Waals surface area contributed by atoms with Crippen LogP contribution in [0.4, 0.5) is 5.82 Å². The van der Waals surface area contributed by atoms with Crippen molar-refractivity contribution < 1.29 is 9.59 Å². The quantitative estimate of drug-likeness (QED) is 0.823. The van der Waals surface area contributed by atoms with Gasteiger partial charge >= 0.3 is 0 Å².